The van der Waals surface area contributed by atoms with E-state index >= 15 is 0 Å². The maximum absolute atomic E-state index is 11.0. The van der Waals surface area contributed by atoms with Crippen LogP contribution in [0.25, 0.3) is 0 Å². The fourth-order valence-corrected chi connectivity index (χ4v) is 2.69. The van der Waals surface area contributed by atoms with E-state index in [0.29, 0.717) is 0 Å². The van der Waals surface area contributed by atoms with Gasteiger partial charge in [0.25, 0.3) is 0 Å². The number of rotatable bonds is 2. The molecule has 1 heterocycles. The van der Waals surface area contributed by atoms with Gasteiger partial charge in [-0.3, -0.25) is 4.79 Å². The zero-order chi connectivity index (χ0) is 10.3. The number of nitrogens with zero attached hydrogens (tertiary/aromatic N) is 1. The number of hydrogen-bond donors (Lipinski definition) is 1. The molecule has 0 saturated carbocycles. The summed E-state index contributed by atoms with van der Waals surface area (Å²) in [5.41, 5.74) is -1.99. The molecule has 0 radical (unpaired) electrons. The summed E-state index contributed by atoms with van der Waals surface area (Å²) >= 11 is 0. The fraction of sp³-hybridized carbons (Fsp3) is 0.800. The molecule has 1 fully saturated rings. The lowest BCUT2D eigenvalue weighted by Gasteiger charge is -2.18. The number of carbonyl (C=O) groups is 1. The summed E-state index contributed by atoms with van der Waals surface area (Å²) < 4.78 is 23.1. The van der Waals surface area contributed by atoms with Crippen LogP contribution in [0.15, 0.2) is 0 Å². The van der Waals surface area contributed by atoms with E-state index < -0.39 is 20.8 Å². The lowest BCUT2D eigenvalue weighted by atomic mass is 10.1. The van der Waals surface area contributed by atoms with Gasteiger partial charge in [0.1, 0.15) is 5.60 Å². The number of β-amino-alcohol motifs (C(OH)–C–C–N with tert-alkyl or cyclic N) is 1. The minimum Gasteiger partial charge on any atom is -0.380 e. The highest BCUT2D eigenvalue weighted by atomic mass is 32.7. The summed E-state index contributed by atoms with van der Waals surface area (Å²) in [6, 6.07) is 0. The van der Waals surface area contributed by atoms with E-state index in [-0.39, 0.29) is 19.5 Å². The predicted molar refractivity (Wildman–Crippen MR) is 54.5 cm³/mol. The molecule has 76 valence electrons. The first-order valence-electron chi connectivity index (χ1n) is 3.56. The van der Waals surface area contributed by atoms with Gasteiger partial charge in [0.2, 0.25) is 9.64 Å². The normalized spacial score (nSPS) is 30.7. The zero-order valence-corrected chi connectivity index (χ0v) is 9.93. The van der Waals surface area contributed by atoms with E-state index in [1.165, 1.54) is 0 Å². The molecule has 0 aromatic carbocycles. The minimum atomic E-state index is -3.38. The predicted octanol–water partition coefficient (Wildman–Crippen LogP) is -1.06. The van der Waals surface area contributed by atoms with Crippen molar-refractivity contribution in [2.75, 3.05) is 13.1 Å². The molecule has 1 saturated heterocycles. The van der Waals surface area contributed by atoms with Crippen LogP contribution < -0.4 is 0 Å². The van der Waals surface area contributed by atoms with Gasteiger partial charge in [0.15, 0.2) is 5.52 Å². The largest absolute Gasteiger partial charge is 0.380 e. The van der Waals surface area contributed by atoms with Gasteiger partial charge in [-0.05, 0) is 6.42 Å². The number of aliphatic hydroxyl groups is 1. The first kappa shape index (κ1) is 11.5. The zero-order valence-electron chi connectivity index (χ0n) is 6.80. The standard InChI is InChI=1S/C5H11NO4P2S/c7-4(11)5(8)1-2-6(3-5)13(9,10)12/h8H,1-3,11-12H2. The Kier molecular flexibility index (Phi) is 3.11. The van der Waals surface area contributed by atoms with Crippen molar-refractivity contribution in [2.45, 2.75) is 12.0 Å². The summed E-state index contributed by atoms with van der Waals surface area (Å²) in [6.07, 6.45) is 0.156. The molecule has 1 rings (SSSR count). The van der Waals surface area contributed by atoms with Crippen LogP contribution in [0.3, 0.4) is 0 Å². The third-order valence-corrected chi connectivity index (χ3v) is 4.49. The quantitative estimate of drug-likeness (QED) is 0.628. The first-order valence-corrected chi connectivity index (χ1v) is 7.05. The molecule has 1 aliphatic rings. The summed E-state index contributed by atoms with van der Waals surface area (Å²) in [5.74, 6) is 0. The maximum atomic E-state index is 11.0. The molecule has 5 nitrogen and oxygen atoms in total. The third kappa shape index (κ3) is 2.45. The van der Waals surface area contributed by atoms with Crippen molar-refractivity contribution in [3.8, 4) is 0 Å². The Hall–Kier alpha value is 0.400. The second-order valence-corrected chi connectivity index (χ2v) is 6.88. The average Bonchev–Trinajstić information content (AvgIpc) is 2.31. The van der Waals surface area contributed by atoms with E-state index in [0.717, 1.165) is 4.31 Å². The van der Waals surface area contributed by atoms with Crippen molar-refractivity contribution in [1.82, 2.24) is 4.31 Å². The Morgan fingerprint density at radius 1 is 1.54 bits per heavy atom. The molecule has 0 aromatic rings. The van der Waals surface area contributed by atoms with Crippen molar-refractivity contribution >= 4 is 32.8 Å². The Balaban J connectivity index is 2.81. The molecule has 8 heteroatoms. The maximum Gasteiger partial charge on any atom is 0.224 e. The van der Waals surface area contributed by atoms with E-state index in [4.69, 9.17) is 0 Å². The summed E-state index contributed by atoms with van der Waals surface area (Å²) in [7, 11) is 0.184. The van der Waals surface area contributed by atoms with Crippen LogP contribution in [0.4, 0.5) is 0 Å². The summed E-state index contributed by atoms with van der Waals surface area (Å²) in [4.78, 5) is 10.9. The molecule has 3 atom stereocenters. The highest BCUT2D eigenvalue weighted by Gasteiger charge is 2.43. The Morgan fingerprint density at radius 3 is 2.31 bits per heavy atom. The molecular weight excluding hydrogens is 232 g/mol. The van der Waals surface area contributed by atoms with Crippen molar-refractivity contribution in [3.63, 3.8) is 0 Å². The Labute approximate surface area is 81.1 Å². The lowest BCUT2D eigenvalue weighted by Crippen LogP contribution is -2.39. The van der Waals surface area contributed by atoms with Gasteiger partial charge in [0, 0.05) is 15.0 Å². The fourth-order valence-electron chi connectivity index (χ4n) is 1.18. The van der Waals surface area contributed by atoms with Crippen LogP contribution in [-0.4, -0.2) is 42.0 Å². The highest BCUT2D eigenvalue weighted by Crippen LogP contribution is 2.28. The molecule has 3 unspecified atom stereocenters. The summed E-state index contributed by atoms with van der Waals surface area (Å²) in [5, 5.41) is 9.62. The number of carbonyl (C=O) groups excluding carboxylic acids is 1. The second kappa shape index (κ2) is 3.52. The molecular formula is C5H11NO4P2S. The van der Waals surface area contributed by atoms with Gasteiger partial charge in [-0.25, -0.2) is 8.42 Å². The first-order chi connectivity index (χ1) is 5.76. The minimum absolute atomic E-state index is 0.152. The van der Waals surface area contributed by atoms with Crippen LogP contribution in [0.5, 0.6) is 0 Å². The smallest absolute Gasteiger partial charge is 0.224 e. The van der Waals surface area contributed by atoms with Crippen LogP contribution in [-0.2, 0) is 14.4 Å². The monoisotopic (exact) mass is 243 g/mol. The van der Waals surface area contributed by atoms with E-state index in [9.17, 15) is 18.3 Å². The van der Waals surface area contributed by atoms with Gasteiger partial charge in [-0.15, -0.1) is 0 Å². The van der Waals surface area contributed by atoms with E-state index in [1.807, 2.05) is 9.24 Å². The van der Waals surface area contributed by atoms with E-state index in [2.05, 4.69) is 0 Å². The Morgan fingerprint density at radius 2 is 2.08 bits per heavy atom. The molecule has 0 amide bonds. The Bertz CT molecular complexity index is 329. The van der Waals surface area contributed by atoms with Crippen molar-refractivity contribution in [2.24, 2.45) is 0 Å². The average molecular weight is 243 g/mol. The van der Waals surface area contributed by atoms with E-state index in [1.54, 1.807) is 8.44 Å². The van der Waals surface area contributed by atoms with Crippen LogP contribution in [0.1, 0.15) is 6.42 Å². The van der Waals surface area contributed by atoms with Crippen molar-refractivity contribution < 1.29 is 18.3 Å². The molecule has 0 aromatic heterocycles. The van der Waals surface area contributed by atoms with Gasteiger partial charge in [-0.1, -0.05) is 9.24 Å². The second-order valence-electron chi connectivity index (χ2n) is 3.02. The van der Waals surface area contributed by atoms with Crippen LogP contribution in [0, 0.1) is 0 Å². The number of hydrogen-bond acceptors (Lipinski definition) is 4. The third-order valence-electron chi connectivity index (χ3n) is 2.03. The summed E-state index contributed by atoms with van der Waals surface area (Å²) in [6.45, 7) is 0.0314. The SMILES string of the molecule is O=C(P)C1(O)CCN(S(=O)(=O)P)C1. The highest BCUT2D eigenvalue weighted by molar-refractivity contribution is 8.36. The molecule has 1 N–H and O–H groups in total. The topological polar surface area (TPSA) is 74.7 Å². The van der Waals surface area contributed by atoms with Crippen molar-refractivity contribution in [1.29, 1.82) is 0 Å². The van der Waals surface area contributed by atoms with Gasteiger partial charge in [0.05, 0.1) is 6.54 Å². The molecule has 0 spiro atoms. The van der Waals surface area contributed by atoms with Gasteiger partial charge in [-0.2, -0.15) is 4.31 Å². The molecule has 0 bridgehead atoms. The molecule has 0 aliphatic carbocycles. The van der Waals surface area contributed by atoms with Gasteiger partial charge < -0.3 is 5.11 Å². The molecule has 1 aliphatic heterocycles. The van der Waals surface area contributed by atoms with Crippen LogP contribution in [0.2, 0.25) is 0 Å². The van der Waals surface area contributed by atoms with Gasteiger partial charge >= 0.3 is 0 Å². The lowest BCUT2D eigenvalue weighted by molar-refractivity contribution is -0.126. The van der Waals surface area contributed by atoms with Crippen molar-refractivity contribution in [3.05, 3.63) is 0 Å². The van der Waals surface area contributed by atoms with Crippen LogP contribution >= 0.6 is 17.7 Å². The molecule has 13 heavy (non-hydrogen) atoms.